The second-order valence-electron chi connectivity index (χ2n) is 4.84. The van der Waals surface area contributed by atoms with Gasteiger partial charge in [-0.1, -0.05) is 55.8 Å². The van der Waals surface area contributed by atoms with Crippen LogP contribution in [0, 0.1) is 12.3 Å². The summed E-state index contributed by atoms with van der Waals surface area (Å²) < 4.78 is 0. The number of rotatable bonds is 4. The van der Waals surface area contributed by atoms with Crippen LogP contribution in [0.25, 0.3) is 6.08 Å². The van der Waals surface area contributed by atoms with Gasteiger partial charge in [0.1, 0.15) is 0 Å². The molecule has 1 nitrogen and oxygen atoms in total. The number of aliphatic hydroxyl groups excluding tert-OH is 1. The van der Waals surface area contributed by atoms with E-state index in [2.05, 4.69) is 57.2 Å². The average molecular weight is 204 g/mol. The van der Waals surface area contributed by atoms with Gasteiger partial charge in [0.2, 0.25) is 0 Å². The lowest BCUT2D eigenvalue weighted by Gasteiger charge is -2.18. The Kier molecular flexibility index (Phi) is 4.10. The number of aliphatic hydroxyl groups is 1. The third-order valence-corrected chi connectivity index (χ3v) is 2.45. The number of hydrogen-bond acceptors (Lipinski definition) is 1. The van der Waals surface area contributed by atoms with Crippen molar-refractivity contribution < 1.29 is 5.11 Å². The summed E-state index contributed by atoms with van der Waals surface area (Å²) in [5.41, 5.74) is 2.49. The minimum absolute atomic E-state index is 0.0136. The van der Waals surface area contributed by atoms with Crippen molar-refractivity contribution in [3.05, 3.63) is 41.5 Å². The second kappa shape index (κ2) is 5.13. The molecule has 0 atom stereocenters. The van der Waals surface area contributed by atoms with Gasteiger partial charge in [-0.25, -0.2) is 0 Å². The summed E-state index contributed by atoms with van der Waals surface area (Å²) in [6, 6.07) is 8.40. The van der Waals surface area contributed by atoms with Gasteiger partial charge in [-0.3, -0.25) is 0 Å². The third kappa shape index (κ3) is 4.30. The maximum atomic E-state index is 9.10. The molecule has 1 heteroatoms. The van der Waals surface area contributed by atoms with Crippen LogP contribution in [0.3, 0.4) is 0 Å². The predicted molar refractivity (Wildman–Crippen MR) is 65.7 cm³/mol. The first-order valence-corrected chi connectivity index (χ1v) is 5.37. The van der Waals surface area contributed by atoms with Crippen LogP contribution in [0.2, 0.25) is 0 Å². The van der Waals surface area contributed by atoms with Crippen molar-refractivity contribution in [3.63, 3.8) is 0 Å². The Labute approximate surface area is 92.5 Å². The van der Waals surface area contributed by atoms with E-state index in [4.69, 9.17) is 5.11 Å². The Bertz CT molecular complexity index is 337. The maximum absolute atomic E-state index is 9.10. The smallest absolute Gasteiger partial charge is 0.0485 e. The molecule has 0 saturated heterocycles. The highest BCUT2D eigenvalue weighted by atomic mass is 16.3. The van der Waals surface area contributed by atoms with E-state index in [0.717, 1.165) is 6.42 Å². The molecule has 0 aliphatic rings. The van der Waals surface area contributed by atoms with Crippen LogP contribution in [-0.4, -0.2) is 11.7 Å². The lowest BCUT2D eigenvalue weighted by molar-refractivity contribution is 0.162. The topological polar surface area (TPSA) is 20.2 Å². The summed E-state index contributed by atoms with van der Waals surface area (Å²) in [7, 11) is 0. The molecule has 1 aromatic carbocycles. The molecule has 0 amide bonds. The summed E-state index contributed by atoms with van der Waals surface area (Å²) in [5.74, 6) is 0. The van der Waals surface area contributed by atoms with Gasteiger partial charge >= 0.3 is 0 Å². The van der Waals surface area contributed by atoms with E-state index in [-0.39, 0.29) is 12.0 Å². The first kappa shape index (κ1) is 12.0. The first-order chi connectivity index (χ1) is 7.03. The summed E-state index contributed by atoms with van der Waals surface area (Å²) in [6.45, 7) is 6.45. The van der Waals surface area contributed by atoms with E-state index in [1.165, 1.54) is 11.1 Å². The number of allylic oxidation sites excluding steroid dienone is 1. The molecule has 0 saturated carbocycles. The molecule has 0 radical (unpaired) electrons. The minimum atomic E-state index is -0.0136. The monoisotopic (exact) mass is 204 g/mol. The molecule has 1 aromatic rings. The Morgan fingerprint density at radius 2 is 2.07 bits per heavy atom. The zero-order chi connectivity index (χ0) is 11.3. The third-order valence-electron chi connectivity index (χ3n) is 2.45. The predicted octanol–water partition coefficient (Wildman–Crippen LogP) is 3.42. The Balaban J connectivity index is 2.59. The molecule has 0 unspecified atom stereocenters. The van der Waals surface area contributed by atoms with Crippen molar-refractivity contribution in [2.75, 3.05) is 6.61 Å². The Morgan fingerprint density at radius 3 is 2.67 bits per heavy atom. The van der Waals surface area contributed by atoms with Crippen LogP contribution >= 0.6 is 0 Å². The Morgan fingerprint density at radius 1 is 1.33 bits per heavy atom. The van der Waals surface area contributed by atoms with E-state index in [1.807, 2.05) is 0 Å². The van der Waals surface area contributed by atoms with Crippen LogP contribution in [0.15, 0.2) is 30.3 Å². The highest BCUT2D eigenvalue weighted by Gasteiger charge is 2.13. The first-order valence-electron chi connectivity index (χ1n) is 5.37. The molecule has 0 spiro atoms. The van der Waals surface area contributed by atoms with Crippen molar-refractivity contribution in [1.82, 2.24) is 0 Å². The minimum Gasteiger partial charge on any atom is -0.396 e. The quantitative estimate of drug-likeness (QED) is 0.796. The highest BCUT2D eigenvalue weighted by Crippen LogP contribution is 2.20. The molecular weight excluding hydrogens is 184 g/mol. The molecule has 15 heavy (non-hydrogen) atoms. The molecule has 0 fully saturated rings. The summed E-state index contributed by atoms with van der Waals surface area (Å²) in [6.07, 6.45) is 5.15. The fourth-order valence-corrected chi connectivity index (χ4v) is 1.35. The molecule has 0 heterocycles. The van der Waals surface area contributed by atoms with Gasteiger partial charge < -0.3 is 5.11 Å². The van der Waals surface area contributed by atoms with Crippen molar-refractivity contribution in [2.45, 2.75) is 27.2 Å². The maximum Gasteiger partial charge on any atom is 0.0485 e. The molecule has 0 bridgehead atoms. The molecule has 0 aliphatic carbocycles. The van der Waals surface area contributed by atoms with E-state index in [1.54, 1.807) is 0 Å². The molecule has 0 aromatic heterocycles. The van der Waals surface area contributed by atoms with Gasteiger partial charge in [-0.15, -0.1) is 0 Å². The van der Waals surface area contributed by atoms with Gasteiger partial charge in [0.25, 0.3) is 0 Å². The fraction of sp³-hybridized carbons (Fsp3) is 0.429. The van der Waals surface area contributed by atoms with Gasteiger partial charge in [0.05, 0.1) is 0 Å². The SMILES string of the molecule is Cc1cccc(/C=C/CC(C)(C)CO)c1. The molecule has 0 aliphatic heterocycles. The zero-order valence-corrected chi connectivity index (χ0v) is 9.83. The zero-order valence-electron chi connectivity index (χ0n) is 9.83. The van der Waals surface area contributed by atoms with E-state index < -0.39 is 0 Å². The summed E-state index contributed by atoms with van der Waals surface area (Å²) in [5, 5.41) is 9.10. The number of benzene rings is 1. The lowest BCUT2D eigenvalue weighted by Crippen LogP contribution is -2.14. The lowest BCUT2D eigenvalue weighted by atomic mass is 9.90. The van der Waals surface area contributed by atoms with Gasteiger partial charge in [0.15, 0.2) is 0 Å². The largest absolute Gasteiger partial charge is 0.396 e. The molecule has 82 valence electrons. The Hall–Kier alpha value is -1.08. The van der Waals surface area contributed by atoms with Crippen LogP contribution in [0.5, 0.6) is 0 Å². The summed E-state index contributed by atoms with van der Waals surface area (Å²) in [4.78, 5) is 0. The van der Waals surface area contributed by atoms with Gasteiger partial charge in [-0.05, 0) is 24.3 Å². The van der Waals surface area contributed by atoms with Crippen LogP contribution in [0.1, 0.15) is 31.4 Å². The molecule has 1 N–H and O–H groups in total. The van der Waals surface area contributed by atoms with E-state index in [0.29, 0.717) is 0 Å². The molecular formula is C14H20O. The van der Waals surface area contributed by atoms with Crippen LogP contribution in [-0.2, 0) is 0 Å². The normalized spacial score (nSPS) is 12.3. The molecule has 1 rings (SSSR count). The summed E-state index contributed by atoms with van der Waals surface area (Å²) >= 11 is 0. The van der Waals surface area contributed by atoms with Crippen LogP contribution in [0.4, 0.5) is 0 Å². The van der Waals surface area contributed by atoms with Crippen molar-refractivity contribution in [1.29, 1.82) is 0 Å². The van der Waals surface area contributed by atoms with Gasteiger partial charge in [-0.2, -0.15) is 0 Å². The standard InChI is InChI=1S/C14H20O/c1-12-6-4-7-13(10-12)8-5-9-14(2,3)11-15/h4-8,10,15H,9,11H2,1-3H3/b8-5+. The van der Waals surface area contributed by atoms with E-state index in [9.17, 15) is 0 Å². The van der Waals surface area contributed by atoms with Crippen molar-refractivity contribution in [2.24, 2.45) is 5.41 Å². The van der Waals surface area contributed by atoms with Gasteiger partial charge in [0, 0.05) is 6.61 Å². The number of aryl methyl sites for hydroxylation is 1. The van der Waals surface area contributed by atoms with Crippen molar-refractivity contribution >= 4 is 6.08 Å². The van der Waals surface area contributed by atoms with Crippen LogP contribution < -0.4 is 0 Å². The van der Waals surface area contributed by atoms with Crippen molar-refractivity contribution in [3.8, 4) is 0 Å². The average Bonchev–Trinajstić information content (AvgIpc) is 2.18. The fourth-order valence-electron chi connectivity index (χ4n) is 1.35. The highest BCUT2D eigenvalue weighted by molar-refractivity contribution is 5.50. The van der Waals surface area contributed by atoms with E-state index >= 15 is 0 Å². The second-order valence-corrected chi connectivity index (χ2v) is 4.84. The number of hydrogen-bond donors (Lipinski definition) is 1.